The fraction of sp³-hybridized carbons (Fsp3) is 0.0500. The molecule has 0 fully saturated rings. The van der Waals surface area contributed by atoms with Gasteiger partial charge in [-0.2, -0.15) is 5.10 Å². The maximum Gasteiger partial charge on any atom is 0.261 e. The lowest BCUT2D eigenvalue weighted by Crippen LogP contribution is -2.35. The van der Waals surface area contributed by atoms with Crippen LogP contribution >= 0.6 is 27.3 Å². The molecule has 0 bridgehead atoms. The highest BCUT2D eigenvalue weighted by atomic mass is 79.9. The average molecular weight is 442 g/mol. The number of rotatable bonds is 6. The molecule has 0 spiro atoms. The molecule has 0 aliphatic rings. The molecule has 7 heteroatoms. The maximum atomic E-state index is 12.1. The van der Waals surface area contributed by atoms with Gasteiger partial charge in [-0.15, -0.1) is 11.3 Å². The number of thiophene rings is 1. The molecule has 0 radical (unpaired) electrons. The van der Waals surface area contributed by atoms with E-state index in [-0.39, 0.29) is 12.5 Å². The van der Waals surface area contributed by atoms with Gasteiger partial charge >= 0.3 is 0 Å². The third-order valence-corrected chi connectivity index (χ3v) is 5.22. The Balaban J connectivity index is 1.67. The van der Waals surface area contributed by atoms with Crippen molar-refractivity contribution < 1.29 is 9.59 Å². The predicted octanol–water partition coefficient (Wildman–Crippen LogP) is 3.81. The Hall–Kier alpha value is -2.77. The zero-order valence-electron chi connectivity index (χ0n) is 14.2. The minimum atomic E-state index is -0.400. The van der Waals surface area contributed by atoms with Gasteiger partial charge in [0.25, 0.3) is 11.8 Å². The van der Waals surface area contributed by atoms with Crippen molar-refractivity contribution in [2.45, 2.75) is 0 Å². The first-order valence-electron chi connectivity index (χ1n) is 8.14. The van der Waals surface area contributed by atoms with E-state index in [0.717, 1.165) is 14.9 Å². The minimum absolute atomic E-state index is 0.158. The van der Waals surface area contributed by atoms with Gasteiger partial charge < -0.3 is 5.32 Å². The van der Waals surface area contributed by atoms with Crippen LogP contribution in [-0.2, 0) is 4.79 Å². The molecule has 5 nitrogen and oxygen atoms in total. The van der Waals surface area contributed by atoms with Crippen molar-refractivity contribution in [3.05, 3.63) is 92.6 Å². The number of hydrogen-bond donors (Lipinski definition) is 2. The molecular formula is C20H16BrN3O2S. The quantitative estimate of drug-likeness (QED) is 0.450. The van der Waals surface area contributed by atoms with E-state index in [0.29, 0.717) is 10.6 Å². The van der Waals surface area contributed by atoms with Crippen molar-refractivity contribution in [1.29, 1.82) is 0 Å². The van der Waals surface area contributed by atoms with E-state index < -0.39 is 5.91 Å². The number of carbonyl (C=O) groups is 2. The third kappa shape index (κ3) is 5.35. The largest absolute Gasteiger partial charge is 0.342 e. The van der Waals surface area contributed by atoms with Crippen LogP contribution in [0.4, 0.5) is 0 Å². The molecule has 2 N–H and O–H groups in total. The van der Waals surface area contributed by atoms with Gasteiger partial charge in [0, 0.05) is 11.1 Å². The molecule has 1 aromatic heterocycles. The van der Waals surface area contributed by atoms with Crippen LogP contribution < -0.4 is 10.7 Å². The van der Waals surface area contributed by atoms with Gasteiger partial charge in [0.2, 0.25) is 0 Å². The molecular weight excluding hydrogens is 426 g/mol. The summed E-state index contributed by atoms with van der Waals surface area (Å²) >= 11 is 4.61. The molecule has 27 heavy (non-hydrogen) atoms. The van der Waals surface area contributed by atoms with Crippen LogP contribution in [0.25, 0.3) is 0 Å². The van der Waals surface area contributed by atoms with Gasteiger partial charge in [0.15, 0.2) is 0 Å². The zero-order chi connectivity index (χ0) is 19.1. The molecule has 0 saturated carbocycles. The molecule has 3 rings (SSSR count). The first kappa shape index (κ1) is 19.0. The molecule has 0 aliphatic heterocycles. The van der Waals surface area contributed by atoms with Crippen molar-refractivity contribution in [2.75, 3.05) is 6.54 Å². The molecule has 0 atom stereocenters. The van der Waals surface area contributed by atoms with Crippen molar-refractivity contribution in [3.8, 4) is 0 Å². The Morgan fingerprint density at radius 2 is 1.48 bits per heavy atom. The fourth-order valence-corrected chi connectivity index (χ4v) is 3.63. The number of amides is 2. The maximum absolute atomic E-state index is 12.1. The zero-order valence-corrected chi connectivity index (χ0v) is 16.6. The Morgan fingerprint density at radius 3 is 2.00 bits per heavy atom. The van der Waals surface area contributed by atoms with Crippen LogP contribution in [0, 0.1) is 0 Å². The van der Waals surface area contributed by atoms with Crippen LogP contribution in [0.2, 0.25) is 0 Å². The van der Waals surface area contributed by atoms with Gasteiger partial charge in [-0.05, 0) is 28.1 Å². The normalized spacial score (nSPS) is 10.1. The number of benzene rings is 2. The summed E-state index contributed by atoms with van der Waals surface area (Å²) in [5.74, 6) is -0.695. The molecule has 1 heterocycles. The van der Waals surface area contributed by atoms with E-state index in [2.05, 4.69) is 31.8 Å². The Kier molecular flexibility index (Phi) is 6.51. The second-order valence-electron chi connectivity index (χ2n) is 5.51. The third-order valence-electron chi connectivity index (χ3n) is 3.59. The minimum Gasteiger partial charge on any atom is -0.342 e. The van der Waals surface area contributed by atoms with Crippen LogP contribution in [0.3, 0.4) is 0 Å². The van der Waals surface area contributed by atoms with E-state index in [1.807, 2.05) is 60.7 Å². The second-order valence-corrected chi connectivity index (χ2v) is 7.98. The first-order valence-corrected chi connectivity index (χ1v) is 9.75. The molecule has 0 unspecified atom stereocenters. The molecule has 2 aromatic carbocycles. The predicted molar refractivity (Wildman–Crippen MR) is 111 cm³/mol. The number of carbonyl (C=O) groups excluding carboxylic acids is 2. The van der Waals surface area contributed by atoms with Crippen LogP contribution in [0.15, 0.2) is 81.7 Å². The van der Waals surface area contributed by atoms with Crippen LogP contribution in [0.5, 0.6) is 0 Å². The molecule has 2 amide bonds. The molecule has 3 aromatic rings. The van der Waals surface area contributed by atoms with E-state index >= 15 is 0 Å². The summed E-state index contributed by atoms with van der Waals surface area (Å²) in [5, 5.41) is 6.86. The van der Waals surface area contributed by atoms with Gasteiger partial charge in [-0.1, -0.05) is 60.7 Å². The van der Waals surface area contributed by atoms with E-state index in [4.69, 9.17) is 0 Å². The summed E-state index contributed by atoms with van der Waals surface area (Å²) in [6.07, 6.45) is 0. The lowest BCUT2D eigenvalue weighted by Gasteiger charge is -2.08. The second kappa shape index (κ2) is 9.25. The number of halogens is 1. The van der Waals surface area contributed by atoms with Crippen molar-refractivity contribution >= 4 is 44.8 Å². The lowest BCUT2D eigenvalue weighted by atomic mass is 10.0. The van der Waals surface area contributed by atoms with Gasteiger partial charge in [0.05, 0.1) is 20.9 Å². The monoisotopic (exact) mass is 441 g/mol. The molecule has 136 valence electrons. The summed E-state index contributed by atoms with van der Waals surface area (Å²) in [6.45, 7) is -0.158. The van der Waals surface area contributed by atoms with Gasteiger partial charge in [0.1, 0.15) is 0 Å². The standard InChI is InChI=1S/C20H16BrN3O2S/c21-17-12-11-16(27-17)20(26)22-13-18(25)23-24-19(14-7-3-1-4-8-14)15-9-5-2-6-10-15/h1-12H,13H2,(H,22,26)(H,23,25). The van der Waals surface area contributed by atoms with Gasteiger partial charge in [-0.3, -0.25) is 9.59 Å². The molecule has 0 aliphatic carbocycles. The Bertz CT molecular complexity index is 914. The number of hydrazone groups is 1. The fourth-order valence-electron chi connectivity index (χ4n) is 2.33. The highest BCUT2D eigenvalue weighted by Gasteiger charge is 2.11. The SMILES string of the molecule is O=C(CNC(=O)c1ccc(Br)s1)NN=C(c1ccccc1)c1ccccc1. The summed E-state index contributed by atoms with van der Waals surface area (Å²) < 4.78 is 0.858. The lowest BCUT2D eigenvalue weighted by molar-refractivity contribution is -0.120. The number of nitrogens with one attached hydrogen (secondary N) is 2. The summed E-state index contributed by atoms with van der Waals surface area (Å²) in [7, 11) is 0. The van der Waals surface area contributed by atoms with E-state index in [1.54, 1.807) is 12.1 Å². The highest BCUT2D eigenvalue weighted by Crippen LogP contribution is 2.21. The smallest absolute Gasteiger partial charge is 0.261 e. The van der Waals surface area contributed by atoms with Gasteiger partial charge in [-0.25, -0.2) is 5.43 Å². The number of hydrogen-bond acceptors (Lipinski definition) is 4. The van der Waals surface area contributed by atoms with Crippen molar-refractivity contribution in [3.63, 3.8) is 0 Å². The average Bonchev–Trinajstić information content (AvgIpc) is 3.14. The Morgan fingerprint density at radius 1 is 0.889 bits per heavy atom. The van der Waals surface area contributed by atoms with Crippen molar-refractivity contribution in [2.24, 2.45) is 5.10 Å². The summed E-state index contributed by atoms with van der Waals surface area (Å²) in [5.41, 5.74) is 4.94. The number of nitrogens with zero attached hydrogens (tertiary/aromatic N) is 1. The highest BCUT2D eigenvalue weighted by molar-refractivity contribution is 9.11. The van der Waals surface area contributed by atoms with Crippen molar-refractivity contribution in [1.82, 2.24) is 10.7 Å². The summed E-state index contributed by atoms with van der Waals surface area (Å²) in [4.78, 5) is 24.7. The topological polar surface area (TPSA) is 70.6 Å². The first-order chi connectivity index (χ1) is 13.1. The summed E-state index contributed by atoms with van der Waals surface area (Å²) in [6, 6.07) is 22.7. The van der Waals surface area contributed by atoms with E-state index in [9.17, 15) is 9.59 Å². The Labute approximate surface area is 169 Å². The van der Waals surface area contributed by atoms with Crippen LogP contribution in [0.1, 0.15) is 20.8 Å². The van der Waals surface area contributed by atoms with E-state index in [1.165, 1.54) is 11.3 Å². The molecule has 0 saturated heterocycles. The van der Waals surface area contributed by atoms with Crippen LogP contribution in [-0.4, -0.2) is 24.1 Å².